The van der Waals surface area contributed by atoms with E-state index in [9.17, 15) is 13.6 Å². The number of fused-ring (bicyclic) bond motifs is 1. The molecule has 6 aromatic rings. The molecule has 0 amide bonds. The van der Waals surface area contributed by atoms with E-state index in [0.717, 1.165) is 106 Å². The minimum atomic E-state index is -0.390. The second kappa shape index (κ2) is 22.9. The van der Waals surface area contributed by atoms with Gasteiger partial charge >= 0.3 is 5.97 Å². The molecule has 2 fully saturated rings. The van der Waals surface area contributed by atoms with Crippen LogP contribution in [0, 0.1) is 11.6 Å². The number of nitrogens with one attached hydrogen (secondary N) is 2. The number of hydrogen-bond acceptors (Lipinski definition) is 12. The van der Waals surface area contributed by atoms with Crippen molar-refractivity contribution in [2.75, 3.05) is 69.0 Å². The summed E-state index contributed by atoms with van der Waals surface area (Å²) < 4.78 is 60.0. The third-order valence-electron chi connectivity index (χ3n) is 12.5. The van der Waals surface area contributed by atoms with Crippen LogP contribution in [0.5, 0.6) is 23.0 Å². The molecule has 0 spiro atoms. The number of aromatic nitrogens is 1. The Bertz CT molecular complexity index is 2580. The van der Waals surface area contributed by atoms with E-state index >= 15 is 0 Å². The zero-order chi connectivity index (χ0) is 47.6. The summed E-state index contributed by atoms with van der Waals surface area (Å²) in [5.74, 6) is 1.60. The summed E-state index contributed by atoms with van der Waals surface area (Å²) in [6.07, 6.45) is 3.58. The number of esters is 1. The Morgan fingerprint density at radius 2 is 1.03 bits per heavy atom. The van der Waals surface area contributed by atoms with E-state index in [1.54, 1.807) is 35.6 Å². The van der Waals surface area contributed by atoms with Crippen molar-refractivity contribution < 1.29 is 37.3 Å². The Hall–Kier alpha value is -5.96. The molecule has 0 radical (unpaired) electrons. The Kier molecular flexibility index (Phi) is 16.3. The number of halogens is 2. The maximum Gasteiger partial charge on any atom is 0.340 e. The van der Waals surface area contributed by atoms with E-state index in [0.29, 0.717) is 68.1 Å². The number of benzene rings is 5. The largest absolute Gasteiger partial charge is 0.493 e. The first-order valence-electron chi connectivity index (χ1n) is 24.1. The number of nitrogens with zero attached hydrogens (tertiary/aromatic N) is 3. The van der Waals surface area contributed by atoms with Crippen LogP contribution in [0.15, 0.2) is 84.9 Å². The number of anilines is 2. The lowest BCUT2D eigenvalue weighted by Crippen LogP contribution is -2.43. The molecular formula is C54H63F2N5O6S. The summed E-state index contributed by atoms with van der Waals surface area (Å²) >= 11 is 1.58. The van der Waals surface area contributed by atoms with Gasteiger partial charge in [-0.25, -0.2) is 18.6 Å². The quantitative estimate of drug-likeness (QED) is 0.0715. The molecule has 0 saturated carbocycles. The van der Waals surface area contributed by atoms with Crippen molar-refractivity contribution in [3.8, 4) is 45.3 Å². The number of carbonyl (C=O) groups excluding carboxylic acids is 1. The highest BCUT2D eigenvalue weighted by Crippen LogP contribution is 2.44. The summed E-state index contributed by atoms with van der Waals surface area (Å²) in [5.41, 5.74) is 7.12. The number of rotatable bonds is 20. The van der Waals surface area contributed by atoms with Crippen molar-refractivity contribution >= 4 is 38.3 Å². The van der Waals surface area contributed by atoms with Gasteiger partial charge in [-0.05, 0) is 169 Å². The van der Waals surface area contributed by atoms with Crippen LogP contribution >= 0.6 is 11.3 Å². The molecule has 360 valence electrons. The molecule has 2 aliphatic rings. The predicted molar refractivity (Wildman–Crippen MR) is 268 cm³/mol. The Labute approximate surface area is 402 Å². The van der Waals surface area contributed by atoms with E-state index in [2.05, 4.69) is 38.6 Å². The summed E-state index contributed by atoms with van der Waals surface area (Å²) in [5, 5.41) is 7.90. The smallest absolute Gasteiger partial charge is 0.340 e. The molecule has 8 rings (SSSR count). The minimum absolute atomic E-state index is 0.0889. The van der Waals surface area contributed by atoms with Crippen molar-refractivity contribution in [3.05, 3.63) is 113 Å². The SMILES string of the molecule is CCOC(=O)c1cc2sc(N(Cc3cc(OCC)c(-c4ccc(F)cc4)c(OCC)c3)C3CCNCC3)nc2cc1N(Cc1cc(OCC)c(-c2ccc(F)cc2)c(OCC)c1)C1CCNCC1. The summed E-state index contributed by atoms with van der Waals surface area (Å²) in [4.78, 5) is 24.3. The Morgan fingerprint density at radius 1 is 0.603 bits per heavy atom. The topological polar surface area (TPSA) is 107 Å². The highest BCUT2D eigenvalue weighted by molar-refractivity contribution is 7.22. The van der Waals surface area contributed by atoms with Gasteiger partial charge < -0.3 is 44.1 Å². The molecule has 2 aliphatic heterocycles. The fraction of sp³-hybridized carbons (Fsp3) is 0.407. The Balaban J connectivity index is 1.23. The molecule has 0 unspecified atom stereocenters. The molecule has 68 heavy (non-hydrogen) atoms. The van der Waals surface area contributed by atoms with Gasteiger partial charge in [0.2, 0.25) is 0 Å². The van der Waals surface area contributed by atoms with Gasteiger partial charge in [0, 0.05) is 25.2 Å². The molecule has 1 aromatic heterocycles. The van der Waals surface area contributed by atoms with Gasteiger partial charge in [-0.2, -0.15) is 0 Å². The lowest BCUT2D eigenvalue weighted by Gasteiger charge is -2.37. The van der Waals surface area contributed by atoms with Crippen LogP contribution in [0.25, 0.3) is 32.5 Å². The fourth-order valence-corrected chi connectivity index (χ4v) is 10.5. The van der Waals surface area contributed by atoms with Crippen molar-refractivity contribution in [1.82, 2.24) is 15.6 Å². The van der Waals surface area contributed by atoms with Crippen molar-refractivity contribution in [3.63, 3.8) is 0 Å². The highest BCUT2D eigenvalue weighted by Gasteiger charge is 2.31. The van der Waals surface area contributed by atoms with E-state index in [1.165, 1.54) is 24.3 Å². The molecular weight excluding hydrogens is 885 g/mol. The van der Waals surface area contributed by atoms with Crippen LogP contribution in [-0.4, -0.2) is 82.3 Å². The molecule has 0 bridgehead atoms. The van der Waals surface area contributed by atoms with Gasteiger partial charge in [-0.15, -0.1) is 0 Å². The van der Waals surface area contributed by atoms with Crippen LogP contribution in [0.1, 0.15) is 81.8 Å². The van der Waals surface area contributed by atoms with Gasteiger partial charge in [0.05, 0.1) is 65.6 Å². The van der Waals surface area contributed by atoms with Crippen LogP contribution in [-0.2, 0) is 17.8 Å². The van der Waals surface area contributed by atoms with E-state index in [1.807, 2.05) is 52.8 Å². The second-order valence-corrected chi connectivity index (χ2v) is 18.0. The summed E-state index contributed by atoms with van der Waals surface area (Å²) in [6, 6.07) is 25.3. The zero-order valence-corrected chi connectivity index (χ0v) is 40.6. The molecule has 5 aromatic carbocycles. The van der Waals surface area contributed by atoms with E-state index < -0.39 is 5.97 Å². The third-order valence-corrected chi connectivity index (χ3v) is 13.5. The number of carbonyl (C=O) groups is 1. The summed E-state index contributed by atoms with van der Waals surface area (Å²) in [7, 11) is 0. The number of hydrogen-bond donors (Lipinski definition) is 2. The first-order valence-corrected chi connectivity index (χ1v) is 25.0. The normalized spacial score (nSPS) is 14.5. The fourth-order valence-electron chi connectivity index (χ4n) is 9.43. The van der Waals surface area contributed by atoms with Gasteiger partial charge in [0.1, 0.15) is 34.6 Å². The minimum Gasteiger partial charge on any atom is -0.493 e. The van der Waals surface area contributed by atoms with Crippen LogP contribution in [0.4, 0.5) is 19.6 Å². The van der Waals surface area contributed by atoms with Crippen LogP contribution < -0.4 is 39.4 Å². The number of thiazole rings is 1. The standard InChI is InChI=1S/C54H63F2N5O6S/c1-6-63-46-27-35(28-47(64-7-2)51(46)37-11-15-39(55)16-12-37)33-60(41-19-23-57-24-20-41)45-32-44-50(31-43(45)53(62)67-10-5)68-54(59-44)61(42-21-25-58-26-22-42)34-36-29-48(65-8-3)52(49(30-36)66-9-4)38-13-17-40(56)18-14-38/h11-18,27-32,41-42,57-58H,6-10,19-26,33-34H2,1-5H3. The molecule has 3 heterocycles. The maximum atomic E-state index is 14.2. The maximum absolute atomic E-state index is 14.2. The highest BCUT2D eigenvalue weighted by atomic mass is 32.1. The van der Waals surface area contributed by atoms with Crippen LogP contribution in [0.2, 0.25) is 0 Å². The summed E-state index contributed by atoms with van der Waals surface area (Å²) in [6.45, 7) is 16.0. The molecule has 2 N–H and O–H groups in total. The average Bonchev–Trinajstić information content (AvgIpc) is 3.77. The molecule has 11 nitrogen and oxygen atoms in total. The first-order chi connectivity index (χ1) is 33.2. The van der Waals surface area contributed by atoms with Gasteiger partial charge in [0.15, 0.2) is 5.13 Å². The van der Waals surface area contributed by atoms with Crippen LogP contribution in [0.3, 0.4) is 0 Å². The van der Waals surface area contributed by atoms with E-state index in [-0.39, 0.29) is 30.3 Å². The van der Waals surface area contributed by atoms with Gasteiger partial charge in [-0.3, -0.25) is 0 Å². The molecule has 0 aliphatic carbocycles. The van der Waals surface area contributed by atoms with Crippen molar-refractivity contribution in [2.24, 2.45) is 0 Å². The predicted octanol–water partition coefficient (Wildman–Crippen LogP) is 11.2. The Morgan fingerprint density at radius 3 is 1.46 bits per heavy atom. The molecule has 2 saturated heterocycles. The second-order valence-electron chi connectivity index (χ2n) is 17.0. The first kappa shape index (κ1) is 48.5. The molecule has 0 atom stereocenters. The van der Waals surface area contributed by atoms with Gasteiger partial charge in [0.25, 0.3) is 0 Å². The van der Waals surface area contributed by atoms with Crippen molar-refractivity contribution in [2.45, 2.75) is 85.5 Å². The lowest BCUT2D eigenvalue weighted by molar-refractivity contribution is 0.0527. The van der Waals surface area contributed by atoms with Gasteiger partial charge in [-0.1, -0.05) is 35.6 Å². The van der Waals surface area contributed by atoms with Crippen molar-refractivity contribution in [1.29, 1.82) is 0 Å². The average molecular weight is 948 g/mol. The number of piperidine rings is 2. The third kappa shape index (κ3) is 11.1. The molecule has 14 heteroatoms. The van der Waals surface area contributed by atoms with E-state index in [4.69, 9.17) is 28.7 Å². The monoisotopic (exact) mass is 947 g/mol. The lowest BCUT2D eigenvalue weighted by atomic mass is 9.98. The zero-order valence-electron chi connectivity index (χ0n) is 39.8. The number of ether oxygens (including phenoxy) is 5.